The van der Waals surface area contributed by atoms with Crippen LogP contribution in [0, 0.1) is 5.41 Å². The number of nitrogens with one attached hydrogen (secondary N) is 14. The number of guanidine groups is 1. The normalized spacial score (nSPS) is 21.6. The van der Waals surface area contributed by atoms with Crippen molar-refractivity contribution < 1.29 is 72.5 Å². The third-order valence-corrected chi connectivity index (χ3v) is 23.5. The van der Waals surface area contributed by atoms with Crippen LogP contribution in [0.3, 0.4) is 0 Å². The molecule has 8 aromatic rings. The van der Waals surface area contributed by atoms with Crippen LogP contribution < -0.4 is 81.4 Å². The number of hydrogen-bond donors (Lipinski definition) is 20. The lowest BCUT2D eigenvalue weighted by Crippen LogP contribution is -2.62. The van der Waals surface area contributed by atoms with Crippen LogP contribution in [0.5, 0.6) is 11.5 Å². The highest BCUT2D eigenvalue weighted by molar-refractivity contribution is 8.76. The number of H-pyrrole nitrogens is 2. The number of thioether (sulfide) groups is 1. The van der Waals surface area contributed by atoms with Crippen LogP contribution >= 0.6 is 33.3 Å². The summed E-state index contributed by atoms with van der Waals surface area (Å²) >= 11 is 0.919. The summed E-state index contributed by atoms with van der Waals surface area (Å²) in [5.74, 6) is -14.3. The molecule has 0 aliphatic carbocycles. The van der Waals surface area contributed by atoms with Gasteiger partial charge in [0.1, 0.15) is 71.9 Å². The van der Waals surface area contributed by atoms with E-state index in [0.29, 0.717) is 44.4 Å². The number of phenols is 2. The summed E-state index contributed by atoms with van der Waals surface area (Å²) in [4.78, 5) is 204. The Morgan fingerprint density at radius 2 is 1.15 bits per heavy atom. The lowest BCUT2D eigenvalue weighted by molar-refractivity contribution is -0.141. The van der Waals surface area contributed by atoms with E-state index in [9.17, 15) is 39.0 Å². The number of para-hydroxylation sites is 1. The summed E-state index contributed by atoms with van der Waals surface area (Å²) in [6, 6.07) is 25.3. The Labute approximate surface area is 708 Å². The van der Waals surface area contributed by atoms with Crippen molar-refractivity contribution in [1.29, 1.82) is 5.41 Å². The lowest BCUT2D eigenvalue weighted by atomic mass is 9.99. The number of rotatable bonds is 24. The minimum absolute atomic E-state index is 0.0393. The molecule has 11 rings (SSSR count). The highest BCUT2D eigenvalue weighted by atomic mass is 33.1. The molecule has 3 fully saturated rings. The van der Waals surface area contributed by atoms with Crippen molar-refractivity contribution >= 4 is 127 Å². The van der Waals surface area contributed by atoms with Crippen LogP contribution in [-0.2, 0) is 101 Å². The average molecular weight is 1710 g/mol. The van der Waals surface area contributed by atoms with Gasteiger partial charge in [0.25, 0.3) is 0 Å². The van der Waals surface area contributed by atoms with Crippen LogP contribution in [0.4, 0.5) is 0 Å². The highest BCUT2D eigenvalue weighted by Gasteiger charge is 2.40. The fraction of sp³-hybridized carbons (Fsp3) is 0.337. The van der Waals surface area contributed by atoms with Gasteiger partial charge < -0.3 is 107 Å². The Balaban J connectivity index is 1.06. The topological polar surface area (TPSA) is 570 Å². The Morgan fingerprint density at radius 1 is 0.579 bits per heavy atom. The van der Waals surface area contributed by atoms with Crippen LogP contribution in [0.1, 0.15) is 59.7 Å². The molecule has 0 unspecified atom stereocenters. The quantitative estimate of drug-likeness (QED) is 0.0123. The number of nitrogens with two attached hydrogens (primary N) is 4. The fourth-order valence-electron chi connectivity index (χ4n) is 13.6. The van der Waals surface area contributed by atoms with Crippen molar-refractivity contribution in [3.05, 3.63) is 210 Å². The number of amides is 13. The molecule has 5 heterocycles. The summed E-state index contributed by atoms with van der Waals surface area (Å²) in [5.41, 5.74) is 29.1. The number of nitrogens with zero attached hydrogens (tertiary/aromatic N) is 2. The van der Waals surface area contributed by atoms with Crippen molar-refractivity contribution in [2.75, 3.05) is 36.1 Å². The summed E-state index contributed by atoms with van der Waals surface area (Å²) < 4.78 is 0. The van der Waals surface area contributed by atoms with Crippen molar-refractivity contribution in [2.45, 2.75) is 137 Å². The number of primary amides is 2. The first-order valence-corrected chi connectivity index (χ1v) is 42.6. The number of carbonyl (C=O) groups excluding carboxylic acids is 13. The highest BCUT2D eigenvalue weighted by Crippen LogP contribution is 2.27. The number of fused-ring (bicyclic) bond motifs is 32. The third-order valence-electron chi connectivity index (χ3n) is 20.1. The van der Waals surface area contributed by atoms with Crippen LogP contribution in [-0.4, -0.2) is 221 Å². The SMILES string of the molecule is C[C@@H]1NC(=O)[C@H](CC(N)=O)NC(=O)[C@H](Cc2c[nH]c3ccccc23)N2C[C@H](CCCNC(=N)N)NC(=O)[C@@H](CSCC2=O)NC(=O)[C@@H](Cc2ccc(-c3ccccc3)cc2)NC(=O)[C@H](Cc2cnc[nH]2)NC(=O)[C@@H](NC(=O)[C@@H](N)Cc2ccc(O)cc2)CSSC[C@@H](C(=O)N[C@@H](Cc2ccc(O)cc2)C(N)=O)NC(=O)[C@H](Cc2ccccc2)NC1=O. The van der Waals surface area contributed by atoms with Crippen molar-refractivity contribution in [3.63, 3.8) is 0 Å². The first-order chi connectivity index (χ1) is 58.1. The van der Waals surface area contributed by atoms with Gasteiger partial charge in [0, 0.05) is 97.5 Å². The van der Waals surface area contributed by atoms with Crippen molar-refractivity contribution in [2.24, 2.45) is 22.9 Å². The molecule has 38 heteroatoms. The van der Waals surface area contributed by atoms with Gasteiger partial charge in [0.2, 0.25) is 76.8 Å². The molecule has 638 valence electrons. The van der Waals surface area contributed by atoms with Gasteiger partial charge in [0.05, 0.1) is 24.5 Å². The number of carbonyl (C=O) groups is 13. The number of aromatic hydroxyl groups is 2. The Bertz CT molecular complexity index is 4960. The zero-order valence-electron chi connectivity index (χ0n) is 65.9. The van der Waals surface area contributed by atoms with E-state index >= 15 is 33.6 Å². The third kappa shape index (κ3) is 27.3. The van der Waals surface area contributed by atoms with Gasteiger partial charge in [-0.25, -0.2) is 4.98 Å². The van der Waals surface area contributed by atoms with Gasteiger partial charge >= 0.3 is 0 Å². The molecule has 0 saturated carbocycles. The maximum atomic E-state index is 15.5. The Kier molecular flexibility index (Phi) is 33.0. The lowest BCUT2D eigenvalue weighted by Gasteiger charge is -2.36. The van der Waals surface area contributed by atoms with Gasteiger partial charge in [-0.3, -0.25) is 67.7 Å². The molecule has 0 radical (unpaired) electrons. The summed E-state index contributed by atoms with van der Waals surface area (Å²) in [5, 5.41) is 58.6. The molecule has 2 bridgehead atoms. The van der Waals surface area contributed by atoms with Crippen LogP contribution in [0.2, 0.25) is 0 Å². The van der Waals surface area contributed by atoms with E-state index in [2.05, 4.69) is 73.4 Å². The van der Waals surface area contributed by atoms with E-state index in [1.54, 1.807) is 85.1 Å². The molecule has 3 aliphatic rings. The second-order valence-electron chi connectivity index (χ2n) is 29.3. The number of phenolic OH excluding ortho intramolecular Hbond substituents is 2. The zero-order valence-corrected chi connectivity index (χ0v) is 68.4. The molecular formula is C83H98N20O15S3. The number of benzene rings is 6. The monoisotopic (exact) mass is 1710 g/mol. The molecule has 121 heavy (non-hydrogen) atoms. The van der Waals surface area contributed by atoms with Crippen molar-refractivity contribution in [1.82, 2.24) is 78.3 Å². The van der Waals surface area contributed by atoms with Gasteiger partial charge in [0.15, 0.2) is 5.96 Å². The molecule has 13 amide bonds. The largest absolute Gasteiger partial charge is 0.508 e. The zero-order chi connectivity index (χ0) is 86.7. The Morgan fingerprint density at radius 3 is 1.80 bits per heavy atom. The molecule has 0 spiro atoms. The Hall–Kier alpha value is -12.9. The van der Waals surface area contributed by atoms with E-state index in [0.717, 1.165) is 44.5 Å². The molecule has 24 N–H and O–H groups in total. The second-order valence-corrected chi connectivity index (χ2v) is 32.9. The van der Waals surface area contributed by atoms with Gasteiger partial charge in [-0.1, -0.05) is 149 Å². The maximum absolute atomic E-state index is 15.5. The van der Waals surface area contributed by atoms with Gasteiger partial charge in [-0.05, 0) is 95.5 Å². The minimum Gasteiger partial charge on any atom is -0.508 e. The predicted octanol–water partition coefficient (Wildman–Crippen LogP) is -0.117. The second kappa shape index (κ2) is 44.2. The smallest absolute Gasteiger partial charge is 0.244 e. The van der Waals surface area contributed by atoms with Gasteiger partial charge in [-0.15, -0.1) is 11.8 Å². The number of aromatic nitrogens is 3. The average Bonchev–Trinajstić information content (AvgIpc) is 1.64. The summed E-state index contributed by atoms with van der Waals surface area (Å²) in [6.45, 7) is 0.928. The summed E-state index contributed by atoms with van der Waals surface area (Å²) in [7, 11) is 1.79. The minimum atomic E-state index is -1.85. The van der Waals surface area contributed by atoms with E-state index in [1.807, 2.05) is 42.5 Å². The number of imidazole rings is 1. The molecule has 12 atom stereocenters. The van der Waals surface area contributed by atoms with E-state index in [1.165, 1.54) is 60.7 Å². The van der Waals surface area contributed by atoms with E-state index in [-0.39, 0.29) is 86.9 Å². The number of hydrogen-bond acceptors (Lipinski definition) is 21. The van der Waals surface area contributed by atoms with Crippen molar-refractivity contribution in [3.8, 4) is 22.6 Å². The fourth-order valence-corrected chi connectivity index (χ4v) is 16.8. The first-order valence-electron chi connectivity index (χ1n) is 38.9. The number of aromatic amines is 2. The molecular weight excluding hydrogens is 1610 g/mol. The molecule has 35 nitrogen and oxygen atoms in total. The van der Waals surface area contributed by atoms with E-state index < -0.39 is 174 Å². The maximum Gasteiger partial charge on any atom is 0.244 e. The molecule has 3 saturated heterocycles. The molecule has 2 aromatic heterocycles. The summed E-state index contributed by atoms with van der Waals surface area (Å²) in [6.07, 6.45) is 2.40. The molecule has 3 aliphatic heterocycles. The van der Waals surface area contributed by atoms with Crippen LogP contribution in [0.15, 0.2) is 176 Å². The predicted molar refractivity (Wildman–Crippen MR) is 456 cm³/mol. The standard InChI is InChI=1S/C83H98N20O15S3/c1-46-73(109)96-62(33-47-11-4-2-5-12-47)76(112)102-68(80(116)95-61(72(86)108)32-50-22-28-57(105)29-23-50)43-121-120-42-67(100-74(110)59(84)31-48-20-26-56(104)27-21-48)81(117)98-64(36-55-39-89-45-92-55)78(114)97-63(34-49-18-24-52(25-19-49)51-13-6-3-7-14-51)77(113)101-66-41-119-44-71(107)103(40-54(94-79(66)115)15-10-30-90-83(87)88)69(35-53-38-91-60-17-9-8-16-58(53)60)82(118)99-65(37-70(85)106)75(111)93-46/h2-9,11-14,16-29,38-39,45-46,54,59,61-69,91,104-105H,10,15,30-37,40-44,84H2,1H3,(H2,85,106)(H2,86,108)(H,89,92)(H,93,111)(H,94,115)(H,95,116)(H,96,109)(H,97,114)(H,98,117)(H,99,118)(H,100,110)(H,101,113)(H,102,112)(H4,87,88,90)/t46-,54-,59-,61-,62-,63+,64-,65-,66+,67-,68-,69-/m0/s1. The van der Waals surface area contributed by atoms with Gasteiger partial charge in [-0.2, -0.15) is 0 Å². The first kappa shape index (κ1) is 90.4. The van der Waals surface area contributed by atoms with Crippen LogP contribution in [0.25, 0.3) is 22.0 Å². The van der Waals surface area contributed by atoms with E-state index in [4.69, 9.17) is 28.3 Å². The molecule has 6 aromatic carbocycles.